The summed E-state index contributed by atoms with van der Waals surface area (Å²) in [6.45, 7) is 5.92. The van der Waals surface area contributed by atoms with Crippen molar-refractivity contribution in [1.29, 1.82) is 0 Å². The van der Waals surface area contributed by atoms with Gasteiger partial charge < -0.3 is 14.5 Å². The number of benzene rings is 1. The van der Waals surface area contributed by atoms with Gasteiger partial charge in [-0.1, -0.05) is 6.07 Å². The van der Waals surface area contributed by atoms with Crippen LogP contribution in [0.15, 0.2) is 41.1 Å². The van der Waals surface area contributed by atoms with Crippen LogP contribution < -0.4 is 5.32 Å². The van der Waals surface area contributed by atoms with Crippen LogP contribution in [0, 0.1) is 20.8 Å². The van der Waals surface area contributed by atoms with Crippen LogP contribution in [0.5, 0.6) is 0 Å². The Hall–Kier alpha value is -2.86. The fraction of sp³-hybridized carbons (Fsp3) is 0.263. The van der Waals surface area contributed by atoms with Gasteiger partial charge in [-0.2, -0.15) is 0 Å². The highest BCUT2D eigenvalue weighted by atomic mass is 16.5. The van der Waals surface area contributed by atoms with Crippen LogP contribution in [0.3, 0.4) is 0 Å². The van der Waals surface area contributed by atoms with Crippen molar-refractivity contribution in [3.8, 4) is 17.3 Å². The van der Waals surface area contributed by atoms with Gasteiger partial charge in [0.25, 0.3) is 0 Å². The third-order valence-electron chi connectivity index (χ3n) is 4.14. The van der Waals surface area contributed by atoms with E-state index in [9.17, 15) is 4.79 Å². The summed E-state index contributed by atoms with van der Waals surface area (Å²) in [5, 5.41) is 2.86. The maximum absolute atomic E-state index is 11.8. The zero-order valence-corrected chi connectivity index (χ0v) is 14.8. The number of furan rings is 1. The molecule has 6 nitrogen and oxygen atoms in total. The lowest BCUT2D eigenvalue weighted by Gasteiger charge is -2.14. The molecule has 130 valence electrons. The number of anilines is 1. The van der Waals surface area contributed by atoms with Crippen LogP contribution in [-0.4, -0.2) is 29.2 Å². The van der Waals surface area contributed by atoms with Gasteiger partial charge in [-0.05, 0) is 50.1 Å². The SMILES string of the molecule is COCC(=O)Nc1cccc(-n2ccnc2-c2cc(C)c(C)o2)c1C. The minimum Gasteiger partial charge on any atom is -0.458 e. The smallest absolute Gasteiger partial charge is 0.250 e. The van der Waals surface area contributed by atoms with E-state index in [2.05, 4.69) is 10.3 Å². The van der Waals surface area contributed by atoms with Crippen LogP contribution in [-0.2, 0) is 9.53 Å². The number of rotatable bonds is 5. The highest BCUT2D eigenvalue weighted by molar-refractivity contribution is 5.93. The first-order chi connectivity index (χ1) is 12.0. The molecule has 0 unspecified atom stereocenters. The number of carbonyl (C=O) groups excluding carboxylic acids is 1. The van der Waals surface area contributed by atoms with E-state index < -0.39 is 0 Å². The summed E-state index contributed by atoms with van der Waals surface area (Å²) in [7, 11) is 1.49. The van der Waals surface area contributed by atoms with Gasteiger partial charge in [0.2, 0.25) is 5.91 Å². The molecule has 3 aromatic rings. The highest BCUT2D eigenvalue weighted by Gasteiger charge is 2.16. The van der Waals surface area contributed by atoms with Crippen molar-refractivity contribution in [2.45, 2.75) is 20.8 Å². The number of aryl methyl sites for hydroxylation is 2. The van der Waals surface area contributed by atoms with E-state index in [0.29, 0.717) is 5.76 Å². The Kier molecular flexibility index (Phi) is 4.72. The molecule has 0 radical (unpaired) electrons. The van der Waals surface area contributed by atoms with Gasteiger partial charge in [0.1, 0.15) is 12.4 Å². The van der Waals surface area contributed by atoms with Crippen LogP contribution in [0.2, 0.25) is 0 Å². The van der Waals surface area contributed by atoms with Gasteiger partial charge in [-0.25, -0.2) is 4.98 Å². The third kappa shape index (κ3) is 3.34. The predicted molar refractivity (Wildman–Crippen MR) is 96.0 cm³/mol. The maximum atomic E-state index is 11.8. The maximum Gasteiger partial charge on any atom is 0.250 e. The van der Waals surface area contributed by atoms with E-state index >= 15 is 0 Å². The Morgan fingerprint density at radius 3 is 2.80 bits per heavy atom. The molecular weight excluding hydrogens is 318 g/mol. The van der Waals surface area contributed by atoms with Crippen molar-refractivity contribution in [3.05, 3.63) is 53.5 Å². The number of hydrogen-bond acceptors (Lipinski definition) is 4. The minimum absolute atomic E-state index is 0.0188. The molecule has 6 heteroatoms. The lowest BCUT2D eigenvalue weighted by molar-refractivity contribution is -0.119. The van der Waals surface area contributed by atoms with Gasteiger partial charge in [0, 0.05) is 25.2 Å². The second kappa shape index (κ2) is 6.94. The molecule has 0 saturated carbocycles. The summed E-state index contributed by atoms with van der Waals surface area (Å²) >= 11 is 0. The minimum atomic E-state index is -0.189. The molecule has 0 aliphatic heterocycles. The predicted octanol–water partition coefficient (Wildman–Crippen LogP) is 3.64. The molecule has 0 spiro atoms. The van der Waals surface area contributed by atoms with Gasteiger partial charge in [-0.3, -0.25) is 9.36 Å². The number of amides is 1. The Bertz CT molecular complexity index is 889. The van der Waals surface area contributed by atoms with Crippen LogP contribution in [0.1, 0.15) is 16.9 Å². The lowest BCUT2D eigenvalue weighted by Crippen LogP contribution is -2.18. The number of aromatic nitrogens is 2. The molecule has 2 heterocycles. The van der Waals surface area contributed by atoms with Gasteiger partial charge >= 0.3 is 0 Å². The number of imidazole rings is 1. The first kappa shape index (κ1) is 17.0. The molecule has 0 fully saturated rings. The summed E-state index contributed by atoms with van der Waals surface area (Å²) in [5.41, 5.74) is 3.69. The molecule has 3 rings (SSSR count). The van der Waals surface area contributed by atoms with E-state index in [4.69, 9.17) is 9.15 Å². The summed E-state index contributed by atoms with van der Waals surface area (Å²) in [4.78, 5) is 16.3. The fourth-order valence-electron chi connectivity index (χ4n) is 2.70. The summed E-state index contributed by atoms with van der Waals surface area (Å²) in [5.74, 6) is 2.13. The average molecular weight is 339 g/mol. The summed E-state index contributed by atoms with van der Waals surface area (Å²) in [6, 6.07) is 7.72. The Balaban J connectivity index is 2.01. The number of carbonyl (C=O) groups is 1. The van der Waals surface area contributed by atoms with Crippen molar-refractivity contribution in [2.24, 2.45) is 0 Å². The molecule has 1 amide bonds. The van der Waals surface area contributed by atoms with Crippen molar-refractivity contribution in [3.63, 3.8) is 0 Å². The third-order valence-corrected chi connectivity index (χ3v) is 4.14. The molecule has 0 saturated heterocycles. The topological polar surface area (TPSA) is 69.3 Å². The Labute approximate surface area is 146 Å². The molecule has 1 N–H and O–H groups in total. The number of hydrogen-bond donors (Lipinski definition) is 1. The van der Waals surface area contributed by atoms with E-state index in [1.807, 2.05) is 55.8 Å². The van der Waals surface area contributed by atoms with Gasteiger partial charge in [-0.15, -0.1) is 0 Å². The summed E-state index contributed by atoms with van der Waals surface area (Å²) in [6.07, 6.45) is 3.61. The Morgan fingerprint density at radius 1 is 1.32 bits per heavy atom. The van der Waals surface area contributed by atoms with Crippen molar-refractivity contribution in [1.82, 2.24) is 9.55 Å². The van der Waals surface area contributed by atoms with Crippen molar-refractivity contribution in [2.75, 3.05) is 19.0 Å². The van der Waals surface area contributed by atoms with E-state index in [1.54, 1.807) is 6.20 Å². The van der Waals surface area contributed by atoms with Crippen molar-refractivity contribution < 1.29 is 13.9 Å². The number of nitrogens with one attached hydrogen (secondary N) is 1. The van der Waals surface area contributed by atoms with Crippen LogP contribution >= 0.6 is 0 Å². The molecular formula is C19H21N3O3. The zero-order chi connectivity index (χ0) is 18.0. The largest absolute Gasteiger partial charge is 0.458 e. The number of methoxy groups -OCH3 is 1. The first-order valence-corrected chi connectivity index (χ1v) is 8.00. The van der Waals surface area contributed by atoms with Crippen molar-refractivity contribution >= 4 is 11.6 Å². The van der Waals surface area contributed by atoms with Gasteiger partial charge in [0.05, 0.1) is 5.69 Å². The number of ether oxygens (including phenoxy) is 1. The normalized spacial score (nSPS) is 10.9. The van der Waals surface area contributed by atoms with E-state index in [-0.39, 0.29) is 12.5 Å². The first-order valence-electron chi connectivity index (χ1n) is 8.00. The monoisotopic (exact) mass is 339 g/mol. The van der Waals surface area contributed by atoms with Gasteiger partial charge in [0.15, 0.2) is 11.6 Å². The second-order valence-corrected chi connectivity index (χ2v) is 5.90. The van der Waals surface area contributed by atoms with E-state index in [0.717, 1.165) is 34.1 Å². The molecule has 0 aliphatic rings. The molecule has 2 aromatic heterocycles. The van der Waals surface area contributed by atoms with Crippen LogP contribution in [0.4, 0.5) is 5.69 Å². The fourth-order valence-corrected chi connectivity index (χ4v) is 2.70. The molecule has 25 heavy (non-hydrogen) atoms. The van der Waals surface area contributed by atoms with Crippen LogP contribution in [0.25, 0.3) is 17.3 Å². The standard InChI is InChI=1S/C19H21N3O3/c1-12-10-17(25-14(12)3)19-20-8-9-22(19)16-7-5-6-15(13(16)2)21-18(23)11-24-4/h5-10H,11H2,1-4H3,(H,21,23). The lowest BCUT2D eigenvalue weighted by atomic mass is 10.1. The zero-order valence-electron chi connectivity index (χ0n) is 14.8. The second-order valence-electron chi connectivity index (χ2n) is 5.90. The highest BCUT2D eigenvalue weighted by Crippen LogP contribution is 2.29. The molecule has 0 bridgehead atoms. The Morgan fingerprint density at radius 2 is 2.12 bits per heavy atom. The summed E-state index contributed by atoms with van der Waals surface area (Å²) < 4.78 is 12.6. The average Bonchev–Trinajstić information content (AvgIpc) is 3.17. The van der Waals surface area contributed by atoms with E-state index in [1.165, 1.54) is 7.11 Å². The molecule has 0 atom stereocenters. The molecule has 1 aromatic carbocycles. The number of nitrogens with zero attached hydrogens (tertiary/aromatic N) is 2. The molecule has 0 aliphatic carbocycles. The quantitative estimate of drug-likeness (QED) is 0.770.